The molecule has 0 radical (unpaired) electrons. The van der Waals surface area contributed by atoms with Gasteiger partial charge in [0.05, 0.1) is 16.3 Å². The van der Waals surface area contributed by atoms with Gasteiger partial charge in [0, 0.05) is 40.6 Å². The van der Waals surface area contributed by atoms with E-state index in [1.54, 1.807) is 22.9 Å². The van der Waals surface area contributed by atoms with Gasteiger partial charge in [-0.2, -0.15) is 5.10 Å². The van der Waals surface area contributed by atoms with Crippen LogP contribution in [0.15, 0.2) is 60.8 Å². The Morgan fingerprint density at radius 1 is 1.14 bits per heavy atom. The molecule has 8 nitrogen and oxygen atoms in total. The highest BCUT2D eigenvalue weighted by Gasteiger charge is 2.11. The van der Waals surface area contributed by atoms with Crippen molar-refractivity contribution in [1.29, 1.82) is 0 Å². The summed E-state index contributed by atoms with van der Waals surface area (Å²) in [5.41, 5.74) is 4.28. The molecule has 29 heavy (non-hydrogen) atoms. The lowest BCUT2D eigenvalue weighted by Crippen LogP contribution is -2.18. The molecule has 0 aliphatic heterocycles. The summed E-state index contributed by atoms with van der Waals surface area (Å²) in [5, 5.41) is 19.0. The van der Waals surface area contributed by atoms with Crippen molar-refractivity contribution < 1.29 is 9.72 Å². The van der Waals surface area contributed by atoms with Gasteiger partial charge in [-0.05, 0) is 50.2 Å². The van der Waals surface area contributed by atoms with Gasteiger partial charge in [0.1, 0.15) is 6.54 Å². The fourth-order valence-corrected chi connectivity index (χ4v) is 3.40. The van der Waals surface area contributed by atoms with E-state index in [0.29, 0.717) is 5.69 Å². The number of carbonyl (C=O) groups is 1. The van der Waals surface area contributed by atoms with Crippen LogP contribution in [0.3, 0.4) is 0 Å². The fraction of sp³-hybridized carbons (Fsp3) is 0.143. The number of fused-ring (bicyclic) bond motifs is 1. The highest BCUT2D eigenvalue weighted by molar-refractivity contribution is 5.92. The zero-order chi connectivity index (χ0) is 20.5. The van der Waals surface area contributed by atoms with E-state index in [0.717, 1.165) is 28.0 Å². The molecule has 2 heterocycles. The Bertz CT molecular complexity index is 1240. The molecule has 4 aromatic rings. The number of non-ortho nitro benzene ring substituents is 1. The maximum absolute atomic E-state index is 12.6. The number of anilines is 1. The van der Waals surface area contributed by atoms with E-state index < -0.39 is 4.92 Å². The minimum absolute atomic E-state index is 0.0284. The molecular formula is C21H19N5O3. The molecule has 0 saturated carbocycles. The Morgan fingerprint density at radius 3 is 2.69 bits per heavy atom. The number of nitro benzene ring substituents is 1. The number of aromatic nitrogens is 3. The molecule has 1 N–H and O–H groups in total. The first-order valence-electron chi connectivity index (χ1n) is 9.07. The molecule has 0 spiro atoms. The third kappa shape index (κ3) is 3.73. The lowest BCUT2D eigenvalue weighted by Gasteiger charge is -2.10. The first-order valence-corrected chi connectivity index (χ1v) is 9.07. The molecule has 0 fully saturated rings. The summed E-state index contributed by atoms with van der Waals surface area (Å²) < 4.78 is 3.59. The Labute approximate surface area is 166 Å². The summed E-state index contributed by atoms with van der Waals surface area (Å²) >= 11 is 0. The zero-order valence-electron chi connectivity index (χ0n) is 16.0. The molecule has 0 aliphatic rings. The SMILES string of the molecule is Cc1cc(C)n(-c2cccc(NC(=O)Cn3ccc4cc([N+](=O)[O-])ccc43)c2)n1. The van der Waals surface area contributed by atoms with Gasteiger partial charge < -0.3 is 9.88 Å². The molecule has 0 bridgehead atoms. The van der Waals surface area contributed by atoms with Gasteiger partial charge in [0.2, 0.25) is 5.91 Å². The zero-order valence-corrected chi connectivity index (χ0v) is 16.0. The second-order valence-electron chi connectivity index (χ2n) is 6.88. The van der Waals surface area contributed by atoms with Gasteiger partial charge in [-0.25, -0.2) is 4.68 Å². The van der Waals surface area contributed by atoms with Crippen LogP contribution < -0.4 is 5.32 Å². The van der Waals surface area contributed by atoms with Crippen molar-refractivity contribution in [3.05, 3.63) is 82.3 Å². The van der Waals surface area contributed by atoms with Crippen LogP contribution in [-0.2, 0) is 11.3 Å². The summed E-state index contributed by atoms with van der Waals surface area (Å²) in [6, 6.07) is 15.8. The number of nitrogens with zero attached hydrogens (tertiary/aromatic N) is 4. The highest BCUT2D eigenvalue weighted by atomic mass is 16.6. The quantitative estimate of drug-likeness (QED) is 0.412. The van der Waals surface area contributed by atoms with Crippen LogP contribution in [-0.4, -0.2) is 25.2 Å². The standard InChI is InChI=1S/C21H19N5O3/c1-14-10-15(2)25(23-14)18-5-3-4-17(12-18)22-21(27)13-24-9-8-16-11-19(26(28)29)6-7-20(16)24/h3-12H,13H2,1-2H3,(H,22,27). The number of amides is 1. The molecule has 2 aromatic heterocycles. The predicted molar refractivity (Wildman–Crippen MR) is 110 cm³/mol. The van der Waals surface area contributed by atoms with E-state index in [2.05, 4.69) is 10.4 Å². The van der Waals surface area contributed by atoms with Gasteiger partial charge in [-0.15, -0.1) is 0 Å². The lowest BCUT2D eigenvalue weighted by atomic mass is 10.2. The van der Waals surface area contributed by atoms with Crippen molar-refractivity contribution in [3.63, 3.8) is 0 Å². The van der Waals surface area contributed by atoms with Crippen molar-refractivity contribution in [3.8, 4) is 5.69 Å². The topological polar surface area (TPSA) is 95.0 Å². The largest absolute Gasteiger partial charge is 0.338 e. The second kappa shape index (κ2) is 7.23. The molecule has 4 rings (SSSR count). The summed E-state index contributed by atoms with van der Waals surface area (Å²) in [6.45, 7) is 4.02. The van der Waals surface area contributed by atoms with Gasteiger partial charge in [0.15, 0.2) is 0 Å². The molecule has 2 aromatic carbocycles. The number of hydrogen-bond donors (Lipinski definition) is 1. The van der Waals surface area contributed by atoms with E-state index in [1.807, 2.05) is 48.9 Å². The summed E-state index contributed by atoms with van der Waals surface area (Å²) in [4.78, 5) is 23.0. The molecule has 1 amide bonds. The monoisotopic (exact) mass is 389 g/mol. The minimum Gasteiger partial charge on any atom is -0.338 e. The maximum Gasteiger partial charge on any atom is 0.270 e. The molecule has 0 unspecified atom stereocenters. The number of aryl methyl sites for hydroxylation is 2. The first-order chi connectivity index (χ1) is 13.9. The van der Waals surface area contributed by atoms with Crippen LogP contribution in [0.1, 0.15) is 11.4 Å². The molecule has 0 aliphatic carbocycles. The van der Waals surface area contributed by atoms with Crippen LogP contribution >= 0.6 is 0 Å². The lowest BCUT2D eigenvalue weighted by molar-refractivity contribution is -0.384. The average Bonchev–Trinajstić information content (AvgIpc) is 3.23. The minimum atomic E-state index is -0.431. The number of nitrogens with one attached hydrogen (secondary N) is 1. The van der Waals surface area contributed by atoms with Crippen LogP contribution in [0.5, 0.6) is 0 Å². The molecule has 146 valence electrons. The number of benzene rings is 2. The van der Waals surface area contributed by atoms with Gasteiger partial charge >= 0.3 is 0 Å². The van der Waals surface area contributed by atoms with Crippen LogP contribution in [0.2, 0.25) is 0 Å². The van der Waals surface area contributed by atoms with Crippen LogP contribution in [0.4, 0.5) is 11.4 Å². The Kier molecular flexibility index (Phi) is 4.59. The Morgan fingerprint density at radius 2 is 1.97 bits per heavy atom. The molecular weight excluding hydrogens is 370 g/mol. The normalized spacial score (nSPS) is 11.0. The van der Waals surface area contributed by atoms with E-state index >= 15 is 0 Å². The summed E-state index contributed by atoms with van der Waals surface area (Å²) in [6.07, 6.45) is 1.75. The van der Waals surface area contributed by atoms with Gasteiger partial charge in [-0.1, -0.05) is 6.07 Å². The molecule has 0 atom stereocenters. The Balaban J connectivity index is 1.52. The summed E-state index contributed by atoms with van der Waals surface area (Å²) in [7, 11) is 0. The maximum atomic E-state index is 12.6. The third-order valence-corrected chi connectivity index (χ3v) is 4.66. The van der Waals surface area contributed by atoms with Crippen LogP contribution in [0, 0.1) is 24.0 Å². The van der Waals surface area contributed by atoms with Gasteiger partial charge in [0.25, 0.3) is 5.69 Å². The van der Waals surface area contributed by atoms with Crippen molar-refractivity contribution in [1.82, 2.24) is 14.3 Å². The molecule has 8 heteroatoms. The Hall–Kier alpha value is -3.94. The smallest absolute Gasteiger partial charge is 0.270 e. The van der Waals surface area contributed by atoms with Crippen LogP contribution in [0.25, 0.3) is 16.6 Å². The number of carbonyl (C=O) groups excluding carboxylic acids is 1. The first kappa shape index (κ1) is 18.4. The third-order valence-electron chi connectivity index (χ3n) is 4.66. The summed E-state index contributed by atoms with van der Waals surface area (Å²) in [5.74, 6) is -0.189. The van der Waals surface area contributed by atoms with E-state index in [1.165, 1.54) is 12.1 Å². The predicted octanol–water partition coefficient (Wildman–Crippen LogP) is 3.99. The number of rotatable bonds is 5. The van der Waals surface area contributed by atoms with Crippen molar-refractivity contribution in [2.75, 3.05) is 5.32 Å². The average molecular weight is 389 g/mol. The van der Waals surface area contributed by atoms with Gasteiger partial charge in [-0.3, -0.25) is 14.9 Å². The van der Waals surface area contributed by atoms with E-state index in [-0.39, 0.29) is 18.1 Å². The number of hydrogen-bond acceptors (Lipinski definition) is 4. The fourth-order valence-electron chi connectivity index (χ4n) is 3.40. The van der Waals surface area contributed by atoms with E-state index in [4.69, 9.17) is 0 Å². The van der Waals surface area contributed by atoms with Crippen molar-refractivity contribution in [2.45, 2.75) is 20.4 Å². The van der Waals surface area contributed by atoms with Crippen molar-refractivity contribution >= 4 is 28.2 Å². The number of nitro groups is 1. The van der Waals surface area contributed by atoms with Crippen molar-refractivity contribution in [2.24, 2.45) is 0 Å². The molecule has 0 saturated heterocycles. The van der Waals surface area contributed by atoms with E-state index in [9.17, 15) is 14.9 Å². The highest BCUT2D eigenvalue weighted by Crippen LogP contribution is 2.22. The second-order valence-corrected chi connectivity index (χ2v) is 6.88.